The van der Waals surface area contributed by atoms with E-state index in [0.29, 0.717) is 24.4 Å². The Labute approximate surface area is 156 Å². The highest BCUT2D eigenvalue weighted by Gasteiger charge is 2.23. The van der Waals surface area contributed by atoms with E-state index in [2.05, 4.69) is 15.4 Å². The van der Waals surface area contributed by atoms with E-state index in [1.54, 1.807) is 24.2 Å². The molecule has 0 aliphatic carbocycles. The van der Waals surface area contributed by atoms with Gasteiger partial charge in [0.05, 0.1) is 25.0 Å². The molecule has 0 spiro atoms. The summed E-state index contributed by atoms with van der Waals surface area (Å²) in [5.74, 6) is 1.61. The number of ether oxygens (including phenoxy) is 2. The molecule has 7 nitrogen and oxygen atoms in total. The number of fused-ring (bicyclic) bond motifs is 1. The number of benzene rings is 2. The summed E-state index contributed by atoms with van der Waals surface area (Å²) >= 11 is 0. The molecule has 1 amide bonds. The van der Waals surface area contributed by atoms with Crippen molar-refractivity contribution in [3.05, 3.63) is 66.2 Å². The van der Waals surface area contributed by atoms with Crippen LogP contribution in [0.2, 0.25) is 0 Å². The van der Waals surface area contributed by atoms with Crippen LogP contribution in [0.5, 0.6) is 11.5 Å². The van der Waals surface area contributed by atoms with Crippen molar-refractivity contribution in [2.24, 2.45) is 5.92 Å². The zero-order chi connectivity index (χ0) is 18.6. The van der Waals surface area contributed by atoms with Crippen LogP contribution in [-0.2, 0) is 6.42 Å². The van der Waals surface area contributed by atoms with Crippen molar-refractivity contribution in [3.63, 3.8) is 0 Å². The standard InChI is InChI=1S/C20H20N4O3/c1-26-18-8-4-5-15-9-14(11-27-19(15)18)10-22-20(25)16-6-2-3-7-17(16)24-13-21-12-23-24/h2-8,12-14H,9-11H2,1H3,(H,22,25). The van der Waals surface area contributed by atoms with Crippen LogP contribution in [0.15, 0.2) is 55.1 Å². The van der Waals surface area contributed by atoms with E-state index in [4.69, 9.17) is 9.47 Å². The molecule has 1 atom stereocenters. The van der Waals surface area contributed by atoms with Gasteiger partial charge >= 0.3 is 0 Å². The minimum Gasteiger partial charge on any atom is -0.493 e. The van der Waals surface area contributed by atoms with E-state index in [9.17, 15) is 4.79 Å². The largest absolute Gasteiger partial charge is 0.493 e. The van der Waals surface area contributed by atoms with E-state index in [-0.39, 0.29) is 11.8 Å². The molecule has 7 heteroatoms. The summed E-state index contributed by atoms with van der Waals surface area (Å²) in [6, 6.07) is 13.2. The van der Waals surface area contributed by atoms with Crippen LogP contribution in [0.4, 0.5) is 0 Å². The lowest BCUT2D eigenvalue weighted by atomic mass is 9.96. The predicted molar refractivity (Wildman–Crippen MR) is 99.4 cm³/mol. The molecule has 0 fully saturated rings. The van der Waals surface area contributed by atoms with Gasteiger partial charge in [-0.15, -0.1) is 0 Å². The molecule has 1 N–H and O–H groups in total. The smallest absolute Gasteiger partial charge is 0.253 e. The molecule has 2 aromatic carbocycles. The highest BCUT2D eigenvalue weighted by Crippen LogP contribution is 2.35. The second kappa shape index (κ2) is 7.49. The van der Waals surface area contributed by atoms with Gasteiger partial charge < -0.3 is 14.8 Å². The Balaban J connectivity index is 1.44. The second-order valence-electron chi connectivity index (χ2n) is 6.40. The van der Waals surface area contributed by atoms with Gasteiger partial charge in [-0.05, 0) is 30.2 Å². The van der Waals surface area contributed by atoms with Gasteiger partial charge in [-0.3, -0.25) is 4.79 Å². The summed E-state index contributed by atoms with van der Waals surface area (Å²) in [4.78, 5) is 16.7. The number of hydrogen-bond donors (Lipinski definition) is 1. The van der Waals surface area contributed by atoms with Crippen molar-refractivity contribution >= 4 is 5.91 Å². The molecule has 1 aliphatic rings. The lowest BCUT2D eigenvalue weighted by Gasteiger charge is -2.26. The van der Waals surface area contributed by atoms with Crippen LogP contribution in [-0.4, -0.2) is 40.9 Å². The molecular formula is C20H20N4O3. The first-order chi connectivity index (χ1) is 13.3. The summed E-state index contributed by atoms with van der Waals surface area (Å²) in [6.45, 7) is 1.07. The number of carbonyl (C=O) groups is 1. The maximum atomic E-state index is 12.7. The summed E-state index contributed by atoms with van der Waals surface area (Å²) < 4.78 is 12.8. The van der Waals surface area contributed by atoms with Crippen molar-refractivity contribution in [1.29, 1.82) is 0 Å². The van der Waals surface area contributed by atoms with Crippen LogP contribution < -0.4 is 14.8 Å². The fourth-order valence-corrected chi connectivity index (χ4v) is 3.28. The fraction of sp³-hybridized carbons (Fsp3) is 0.250. The highest BCUT2D eigenvalue weighted by atomic mass is 16.5. The number of carbonyl (C=O) groups excluding carboxylic acids is 1. The molecule has 0 saturated carbocycles. The highest BCUT2D eigenvalue weighted by molar-refractivity contribution is 5.97. The first-order valence-electron chi connectivity index (χ1n) is 8.77. The van der Waals surface area contributed by atoms with Gasteiger partial charge in [0.25, 0.3) is 5.91 Å². The van der Waals surface area contributed by atoms with Gasteiger partial charge in [-0.2, -0.15) is 5.10 Å². The summed E-state index contributed by atoms with van der Waals surface area (Å²) in [6.07, 6.45) is 3.85. The molecule has 4 rings (SSSR count). The van der Waals surface area contributed by atoms with Crippen LogP contribution in [0.1, 0.15) is 15.9 Å². The molecule has 1 unspecified atom stereocenters. The van der Waals surface area contributed by atoms with Crippen LogP contribution in [0, 0.1) is 5.92 Å². The van der Waals surface area contributed by atoms with Crippen molar-refractivity contribution in [2.45, 2.75) is 6.42 Å². The quantitative estimate of drug-likeness (QED) is 0.751. The van der Waals surface area contributed by atoms with Gasteiger partial charge in [-0.25, -0.2) is 9.67 Å². The topological polar surface area (TPSA) is 78.3 Å². The SMILES string of the molecule is COc1cccc2c1OCC(CNC(=O)c1ccccc1-n1cncn1)C2. The van der Waals surface area contributed by atoms with Gasteiger partial charge in [0.1, 0.15) is 12.7 Å². The lowest BCUT2D eigenvalue weighted by Crippen LogP contribution is -2.35. The molecule has 0 radical (unpaired) electrons. The van der Waals surface area contributed by atoms with Crippen molar-refractivity contribution in [1.82, 2.24) is 20.1 Å². The molecule has 138 valence electrons. The van der Waals surface area contributed by atoms with Crippen LogP contribution in [0.25, 0.3) is 5.69 Å². The average Bonchev–Trinajstić information content (AvgIpc) is 3.26. The van der Waals surface area contributed by atoms with E-state index in [1.807, 2.05) is 36.4 Å². The first kappa shape index (κ1) is 17.1. The Kier molecular flexibility index (Phi) is 4.74. The summed E-state index contributed by atoms with van der Waals surface area (Å²) in [7, 11) is 1.64. The average molecular weight is 364 g/mol. The van der Waals surface area contributed by atoms with Crippen molar-refractivity contribution < 1.29 is 14.3 Å². The van der Waals surface area contributed by atoms with Gasteiger partial charge in [0, 0.05) is 12.5 Å². The fourth-order valence-electron chi connectivity index (χ4n) is 3.28. The maximum Gasteiger partial charge on any atom is 0.253 e. The molecule has 2 heterocycles. The Hall–Kier alpha value is -3.35. The maximum absolute atomic E-state index is 12.7. The summed E-state index contributed by atoms with van der Waals surface area (Å²) in [5, 5.41) is 7.13. The Morgan fingerprint density at radius 1 is 1.30 bits per heavy atom. The third-order valence-electron chi connectivity index (χ3n) is 4.62. The number of para-hydroxylation sites is 2. The molecule has 0 bridgehead atoms. The molecule has 1 aliphatic heterocycles. The van der Waals surface area contributed by atoms with Gasteiger partial charge in [-0.1, -0.05) is 24.3 Å². The van der Waals surface area contributed by atoms with Gasteiger partial charge in [0.15, 0.2) is 11.5 Å². The zero-order valence-corrected chi connectivity index (χ0v) is 15.0. The summed E-state index contributed by atoms with van der Waals surface area (Å²) in [5.41, 5.74) is 2.35. The molecule has 3 aromatic rings. The van der Waals surface area contributed by atoms with Crippen molar-refractivity contribution in [3.8, 4) is 17.2 Å². The van der Waals surface area contributed by atoms with Crippen LogP contribution in [0.3, 0.4) is 0 Å². The molecule has 1 aromatic heterocycles. The molecule has 27 heavy (non-hydrogen) atoms. The number of aromatic nitrogens is 3. The van der Waals surface area contributed by atoms with E-state index < -0.39 is 0 Å². The number of hydrogen-bond acceptors (Lipinski definition) is 5. The Morgan fingerprint density at radius 2 is 2.19 bits per heavy atom. The Morgan fingerprint density at radius 3 is 3.00 bits per heavy atom. The third-order valence-corrected chi connectivity index (χ3v) is 4.62. The normalized spacial score (nSPS) is 15.5. The third kappa shape index (κ3) is 3.48. The predicted octanol–water partition coefficient (Wildman–Crippen LogP) is 2.26. The number of rotatable bonds is 5. The second-order valence-corrected chi connectivity index (χ2v) is 6.40. The molecular weight excluding hydrogens is 344 g/mol. The number of amides is 1. The van der Waals surface area contributed by atoms with Crippen LogP contribution >= 0.6 is 0 Å². The lowest BCUT2D eigenvalue weighted by molar-refractivity contribution is 0.0938. The van der Waals surface area contributed by atoms with Gasteiger partial charge in [0.2, 0.25) is 0 Å². The first-order valence-corrected chi connectivity index (χ1v) is 8.77. The minimum atomic E-state index is -0.141. The number of methoxy groups -OCH3 is 1. The van der Waals surface area contributed by atoms with E-state index in [0.717, 1.165) is 23.5 Å². The number of nitrogens with one attached hydrogen (secondary N) is 1. The van der Waals surface area contributed by atoms with E-state index in [1.165, 1.54) is 6.33 Å². The zero-order valence-electron chi connectivity index (χ0n) is 15.0. The monoisotopic (exact) mass is 364 g/mol. The Bertz CT molecular complexity index is 940. The minimum absolute atomic E-state index is 0.141. The van der Waals surface area contributed by atoms with E-state index >= 15 is 0 Å². The number of nitrogens with zero attached hydrogens (tertiary/aromatic N) is 3. The van der Waals surface area contributed by atoms with Crippen molar-refractivity contribution in [2.75, 3.05) is 20.3 Å². The molecule has 0 saturated heterocycles.